The van der Waals surface area contributed by atoms with Crippen molar-refractivity contribution in [3.8, 4) is 10.6 Å². The van der Waals surface area contributed by atoms with E-state index in [4.69, 9.17) is 14.5 Å². The number of methoxy groups -OCH3 is 2. The minimum absolute atomic E-state index is 0.385. The Balaban J connectivity index is 2.30. The highest BCUT2D eigenvalue weighted by molar-refractivity contribution is 7.15. The van der Waals surface area contributed by atoms with E-state index in [-0.39, 0.29) is 0 Å². The van der Waals surface area contributed by atoms with Gasteiger partial charge in [-0.15, -0.1) is 11.3 Å². The largest absolute Gasteiger partial charge is 0.466 e. The number of allylic oxidation sites excluding steroid dienone is 2. The minimum atomic E-state index is -0.628. The molecule has 0 radical (unpaired) electrons. The number of carbonyl (C=O) groups excluding carboxylic acids is 2. The van der Waals surface area contributed by atoms with E-state index in [1.54, 1.807) is 25.2 Å². The topological polar surface area (TPSA) is 77.5 Å². The van der Waals surface area contributed by atoms with Crippen molar-refractivity contribution < 1.29 is 19.1 Å². The summed E-state index contributed by atoms with van der Waals surface area (Å²) in [4.78, 5) is 31.3. The van der Waals surface area contributed by atoms with E-state index in [0.29, 0.717) is 22.5 Å². The Labute approximate surface area is 174 Å². The molecule has 2 aromatic rings. The lowest BCUT2D eigenvalue weighted by Crippen LogP contribution is -2.32. The van der Waals surface area contributed by atoms with Crippen LogP contribution in [-0.2, 0) is 19.1 Å². The molecule has 29 heavy (non-hydrogen) atoms. The quantitative estimate of drug-likeness (QED) is 0.765. The fourth-order valence-electron chi connectivity index (χ4n) is 3.60. The molecule has 0 saturated heterocycles. The van der Waals surface area contributed by atoms with Crippen LogP contribution in [0.15, 0.2) is 46.8 Å². The number of hydrogen-bond donors (Lipinski definition) is 1. The maximum atomic E-state index is 12.7. The molecule has 152 valence electrons. The molecular weight excluding hydrogens is 388 g/mol. The molecular formula is C22H24N2O4S. The van der Waals surface area contributed by atoms with Crippen LogP contribution in [-0.4, -0.2) is 31.1 Å². The highest BCUT2D eigenvalue weighted by atomic mass is 32.1. The van der Waals surface area contributed by atoms with Gasteiger partial charge in [0.1, 0.15) is 5.01 Å². The van der Waals surface area contributed by atoms with E-state index in [9.17, 15) is 9.59 Å². The Morgan fingerprint density at radius 2 is 1.52 bits per heavy atom. The maximum absolute atomic E-state index is 12.7. The fraction of sp³-hybridized carbons (Fsp3) is 0.318. The van der Waals surface area contributed by atoms with Crippen molar-refractivity contribution in [3.63, 3.8) is 0 Å². The van der Waals surface area contributed by atoms with Crippen molar-refractivity contribution in [2.45, 2.75) is 33.6 Å². The van der Waals surface area contributed by atoms with Gasteiger partial charge in [0.25, 0.3) is 0 Å². The van der Waals surface area contributed by atoms with Crippen molar-refractivity contribution >= 4 is 23.3 Å². The van der Waals surface area contributed by atoms with E-state index in [1.807, 2.05) is 38.1 Å². The third-order valence-corrected chi connectivity index (χ3v) is 6.21. The number of dihydropyridines is 1. The van der Waals surface area contributed by atoms with E-state index >= 15 is 0 Å². The normalized spacial score (nSPS) is 14.7. The first-order chi connectivity index (χ1) is 13.8. The zero-order chi connectivity index (χ0) is 21.3. The summed E-state index contributed by atoms with van der Waals surface area (Å²) >= 11 is 1.59. The SMILES string of the molecule is COC(=O)C1=C(C)NC(C)=C(C(=O)OC)C1c1ccccc1-c1nc(C)c(C)s1. The average Bonchev–Trinajstić information content (AvgIpc) is 3.04. The fourth-order valence-corrected chi connectivity index (χ4v) is 4.56. The number of hydrogen-bond acceptors (Lipinski definition) is 7. The van der Waals surface area contributed by atoms with E-state index in [1.165, 1.54) is 14.2 Å². The Kier molecular flexibility index (Phi) is 5.88. The van der Waals surface area contributed by atoms with Gasteiger partial charge in [0.2, 0.25) is 0 Å². The first-order valence-corrected chi connectivity index (χ1v) is 10.00. The van der Waals surface area contributed by atoms with Gasteiger partial charge in [0.15, 0.2) is 0 Å². The number of rotatable bonds is 4. The summed E-state index contributed by atoms with van der Waals surface area (Å²) in [6.45, 7) is 7.60. The van der Waals surface area contributed by atoms with Crippen molar-refractivity contribution in [1.29, 1.82) is 0 Å². The van der Waals surface area contributed by atoms with Crippen LogP contribution in [0.3, 0.4) is 0 Å². The summed E-state index contributed by atoms with van der Waals surface area (Å²) < 4.78 is 10.1. The van der Waals surface area contributed by atoms with Gasteiger partial charge in [0, 0.05) is 21.8 Å². The summed E-state index contributed by atoms with van der Waals surface area (Å²) in [6, 6.07) is 7.70. The number of esters is 2. The molecule has 0 fully saturated rings. The van der Waals surface area contributed by atoms with Crippen LogP contribution in [0, 0.1) is 13.8 Å². The molecule has 0 amide bonds. The standard InChI is InChI=1S/C22H24N2O4S/c1-11-14(4)29-20(24-11)16-10-8-7-9-15(16)19-17(21(25)27-5)12(2)23-13(3)18(19)22(26)28-6/h7-10,19,23H,1-6H3. The van der Waals surface area contributed by atoms with Crippen molar-refractivity contribution in [3.05, 3.63) is 62.9 Å². The number of ether oxygens (including phenoxy) is 2. The summed E-state index contributed by atoms with van der Waals surface area (Å²) in [5.74, 6) is -1.61. The molecule has 6 nitrogen and oxygen atoms in total. The summed E-state index contributed by atoms with van der Waals surface area (Å²) in [6.07, 6.45) is 0. The molecule has 1 N–H and O–H groups in total. The lowest BCUT2D eigenvalue weighted by Gasteiger charge is -2.31. The number of thiazole rings is 1. The summed E-state index contributed by atoms with van der Waals surface area (Å²) in [5.41, 5.74) is 4.71. The van der Waals surface area contributed by atoms with Gasteiger partial charge < -0.3 is 14.8 Å². The van der Waals surface area contributed by atoms with Crippen LogP contribution in [0.1, 0.15) is 35.9 Å². The Morgan fingerprint density at radius 3 is 2.00 bits per heavy atom. The number of nitrogens with one attached hydrogen (secondary N) is 1. The van der Waals surface area contributed by atoms with Crippen LogP contribution < -0.4 is 5.32 Å². The van der Waals surface area contributed by atoms with E-state index < -0.39 is 17.9 Å². The lowest BCUT2D eigenvalue weighted by atomic mass is 9.78. The first-order valence-electron chi connectivity index (χ1n) is 9.18. The van der Waals surface area contributed by atoms with Gasteiger partial charge in [-0.05, 0) is 33.3 Å². The van der Waals surface area contributed by atoms with Crippen LogP contribution >= 0.6 is 11.3 Å². The first kappa shape index (κ1) is 20.8. The Bertz CT molecular complexity index is 991. The smallest absolute Gasteiger partial charge is 0.336 e. The highest BCUT2D eigenvalue weighted by Crippen LogP contribution is 2.43. The van der Waals surface area contributed by atoms with Crippen LogP contribution in [0.25, 0.3) is 10.6 Å². The Morgan fingerprint density at radius 1 is 0.966 bits per heavy atom. The molecule has 0 saturated carbocycles. The van der Waals surface area contributed by atoms with E-state index in [0.717, 1.165) is 26.7 Å². The molecule has 0 bridgehead atoms. The maximum Gasteiger partial charge on any atom is 0.336 e. The molecule has 7 heteroatoms. The Hall–Kier alpha value is -2.93. The second kappa shape index (κ2) is 8.21. The predicted molar refractivity (Wildman–Crippen MR) is 112 cm³/mol. The van der Waals surface area contributed by atoms with Gasteiger partial charge in [-0.25, -0.2) is 14.6 Å². The molecule has 0 atom stereocenters. The average molecular weight is 413 g/mol. The summed E-state index contributed by atoms with van der Waals surface area (Å²) in [7, 11) is 2.67. The van der Waals surface area contributed by atoms with Crippen molar-refractivity contribution in [2.24, 2.45) is 0 Å². The van der Waals surface area contributed by atoms with Crippen LogP contribution in [0.2, 0.25) is 0 Å². The molecule has 0 spiro atoms. The number of aromatic nitrogens is 1. The lowest BCUT2D eigenvalue weighted by molar-refractivity contribution is -0.137. The monoisotopic (exact) mass is 412 g/mol. The predicted octanol–water partition coefficient (Wildman–Crippen LogP) is 4.01. The summed E-state index contributed by atoms with van der Waals surface area (Å²) in [5, 5.41) is 3.97. The van der Waals surface area contributed by atoms with Gasteiger partial charge in [-0.2, -0.15) is 0 Å². The molecule has 1 aliphatic heterocycles. The second-order valence-corrected chi connectivity index (χ2v) is 8.07. The molecule has 1 aliphatic rings. The van der Waals surface area contributed by atoms with Crippen LogP contribution in [0.4, 0.5) is 0 Å². The number of benzene rings is 1. The van der Waals surface area contributed by atoms with Gasteiger partial charge in [-0.3, -0.25) is 0 Å². The van der Waals surface area contributed by atoms with Gasteiger partial charge in [-0.1, -0.05) is 24.3 Å². The molecule has 2 heterocycles. The molecule has 1 aromatic heterocycles. The van der Waals surface area contributed by atoms with Gasteiger partial charge in [0.05, 0.1) is 37.0 Å². The number of carbonyl (C=O) groups is 2. The number of nitrogens with zero attached hydrogens (tertiary/aromatic N) is 1. The molecule has 0 aliphatic carbocycles. The van der Waals surface area contributed by atoms with Gasteiger partial charge >= 0.3 is 11.9 Å². The third-order valence-electron chi connectivity index (χ3n) is 5.10. The number of aryl methyl sites for hydroxylation is 2. The molecule has 1 aromatic carbocycles. The molecule has 3 rings (SSSR count). The van der Waals surface area contributed by atoms with Crippen molar-refractivity contribution in [1.82, 2.24) is 10.3 Å². The van der Waals surface area contributed by atoms with Crippen molar-refractivity contribution in [2.75, 3.05) is 14.2 Å². The zero-order valence-corrected chi connectivity index (χ0v) is 18.2. The zero-order valence-electron chi connectivity index (χ0n) is 17.4. The minimum Gasteiger partial charge on any atom is -0.466 e. The highest BCUT2D eigenvalue weighted by Gasteiger charge is 2.38. The second-order valence-electron chi connectivity index (χ2n) is 6.87. The third kappa shape index (κ3) is 3.70. The van der Waals surface area contributed by atoms with E-state index in [2.05, 4.69) is 5.32 Å². The van der Waals surface area contributed by atoms with Crippen LogP contribution in [0.5, 0.6) is 0 Å². The molecule has 0 unspecified atom stereocenters.